The molecule has 0 aliphatic rings. The first-order valence-electron chi connectivity index (χ1n) is 4.43. The topological polar surface area (TPSA) is 26.0 Å². The lowest BCUT2D eigenvalue weighted by molar-refractivity contribution is 0.974. The molecule has 1 aromatic rings. The Kier molecular flexibility index (Phi) is 4.47. The van der Waals surface area contributed by atoms with Crippen molar-refractivity contribution in [3.8, 4) is 0 Å². The molecule has 0 aliphatic heterocycles. The molecule has 0 radical (unpaired) electrons. The summed E-state index contributed by atoms with van der Waals surface area (Å²) in [5.41, 5.74) is 6.67. The van der Waals surface area contributed by atoms with Crippen LogP contribution in [0.4, 0.5) is 5.69 Å². The normalized spacial score (nSPS) is 9.85. The Balaban J connectivity index is 2.36. The molecular formula is C11H15NS. The Hall–Kier alpha value is -0.890. The predicted octanol–water partition coefficient (Wildman–Crippen LogP) is 3.33. The largest absolute Gasteiger partial charge is 0.398 e. The zero-order chi connectivity index (χ0) is 9.52. The van der Waals surface area contributed by atoms with Gasteiger partial charge in [0.25, 0.3) is 0 Å². The van der Waals surface area contributed by atoms with Gasteiger partial charge in [0.05, 0.1) is 0 Å². The first-order chi connectivity index (χ1) is 6.34. The van der Waals surface area contributed by atoms with Gasteiger partial charge in [-0.1, -0.05) is 18.2 Å². The highest BCUT2D eigenvalue weighted by Crippen LogP contribution is 2.24. The van der Waals surface area contributed by atoms with Crippen LogP contribution in [0, 0.1) is 0 Å². The number of rotatable bonds is 5. The second kappa shape index (κ2) is 5.70. The van der Waals surface area contributed by atoms with Gasteiger partial charge in [0, 0.05) is 10.6 Å². The van der Waals surface area contributed by atoms with Crippen molar-refractivity contribution in [3.63, 3.8) is 0 Å². The molecule has 0 bridgehead atoms. The highest BCUT2D eigenvalue weighted by molar-refractivity contribution is 7.99. The van der Waals surface area contributed by atoms with Crippen molar-refractivity contribution in [2.24, 2.45) is 0 Å². The van der Waals surface area contributed by atoms with E-state index >= 15 is 0 Å². The van der Waals surface area contributed by atoms with Crippen molar-refractivity contribution < 1.29 is 0 Å². The number of hydrogen-bond donors (Lipinski definition) is 1. The maximum absolute atomic E-state index is 5.79. The van der Waals surface area contributed by atoms with Crippen LogP contribution in [-0.4, -0.2) is 5.75 Å². The molecule has 2 N–H and O–H groups in total. The number of nitrogen functional groups attached to an aromatic ring is 1. The summed E-state index contributed by atoms with van der Waals surface area (Å²) in [6.45, 7) is 3.69. The zero-order valence-electron chi connectivity index (χ0n) is 7.70. The van der Waals surface area contributed by atoms with Gasteiger partial charge in [-0.15, -0.1) is 18.3 Å². The number of benzene rings is 1. The standard InChI is InChI=1S/C11H15NS/c1-2-3-6-9-13-11-8-5-4-7-10(11)12/h2,4-5,7-8H,1,3,6,9,12H2. The smallest absolute Gasteiger partial charge is 0.0452 e. The molecule has 1 rings (SSSR count). The Morgan fingerprint density at radius 2 is 2.15 bits per heavy atom. The molecule has 1 aromatic carbocycles. The number of unbranched alkanes of at least 4 members (excludes halogenated alkanes) is 1. The van der Waals surface area contributed by atoms with Crippen molar-refractivity contribution in [1.29, 1.82) is 0 Å². The minimum Gasteiger partial charge on any atom is -0.398 e. The molecule has 0 spiro atoms. The predicted molar refractivity (Wildman–Crippen MR) is 61.0 cm³/mol. The molecule has 0 fully saturated rings. The lowest BCUT2D eigenvalue weighted by Crippen LogP contribution is -1.88. The lowest BCUT2D eigenvalue weighted by Gasteiger charge is -2.03. The summed E-state index contributed by atoms with van der Waals surface area (Å²) in [6, 6.07) is 7.99. The number of anilines is 1. The Labute approximate surface area is 84.0 Å². The molecule has 0 aromatic heterocycles. The first-order valence-corrected chi connectivity index (χ1v) is 5.41. The van der Waals surface area contributed by atoms with Crippen molar-refractivity contribution in [3.05, 3.63) is 36.9 Å². The number of hydrogen-bond acceptors (Lipinski definition) is 2. The lowest BCUT2D eigenvalue weighted by atomic mass is 10.3. The van der Waals surface area contributed by atoms with E-state index in [-0.39, 0.29) is 0 Å². The van der Waals surface area contributed by atoms with Crippen LogP contribution in [-0.2, 0) is 0 Å². The van der Waals surface area contributed by atoms with Crippen LogP contribution >= 0.6 is 11.8 Å². The second-order valence-electron chi connectivity index (χ2n) is 2.82. The highest BCUT2D eigenvalue weighted by atomic mass is 32.2. The van der Waals surface area contributed by atoms with Crippen LogP contribution in [0.5, 0.6) is 0 Å². The van der Waals surface area contributed by atoms with E-state index in [9.17, 15) is 0 Å². The van der Waals surface area contributed by atoms with E-state index in [2.05, 4.69) is 12.6 Å². The van der Waals surface area contributed by atoms with Gasteiger partial charge in [-0.3, -0.25) is 0 Å². The maximum atomic E-state index is 5.79. The summed E-state index contributed by atoms with van der Waals surface area (Å²) in [6.07, 6.45) is 4.21. The number of nitrogens with two attached hydrogens (primary N) is 1. The van der Waals surface area contributed by atoms with Crippen LogP contribution in [0.15, 0.2) is 41.8 Å². The fourth-order valence-corrected chi connectivity index (χ4v) is 1.96. The van der Waals surface area contributed by atoms with Crippen LogP contribution in [0.25, 0.3) is 0 Å². The SMILES string of the molecule is C=CCCCSc1ccccc1N. The summed E-state index contributed by atoms with van der Waals surface area (Å²) in [5.74, 6) is 1.11. The Morgan fingerprint density at radius 3 is 2.85 bits per heavy atom. The summed E-state index contributed by atoms with van der Waals surface area (Å²) >= 11 is 1.81. The number of para-hydroxylation sites is 1. The van der Waals surface area contributed by atoms with E-state index in [4.69, 9.17) is 5.73 Å². The molecule has 1 nitrogen and oxygen atoms in total. The van der Waals surface area contributed by atoms with E-state index in [1.807, 2.05) is 36.0 Å². The van der Waals surface area contributed by atoms with Crippen LogP contribution in [0.3, 0.4) is 0 Å². The summed E-state index contributed by atoms with van der Waals surface area (Å²) in [4.78, 5) is 1.19. The average Bonchev–Trinajstić information content (AvgIpc) is 2.15. The third kappa shape index (κ3) is 3.55. The van der Waals surface area contributed by atoms with Crippen LogP contribution in [0.1, 0.15) is 12.8 Å². The second-order valence-corrected chi connectivity index (χ2v) is 3.95. The molecule has 0 atom stereocenters. The number of allylic oxidation sites excluding steroid dienone is 1. The highest BCUT2D eigenvalue weighted by Gasteiger charge is 1.96. The van der Waals surface area contributed by atoms with E-state index < -0.39 is 0 Å². The van der Waals surface area contributed by atoms with E-state index in [0.29, 0.717) is 0 Å². The van der Waals surface area contributed by atoms with Gasteiger partial charge in [0.15, 0.2) is 0 Å². The summed E-state index contributed by atoms with van der Waals surface area (Å²) in [5, 5.41) is 0. The van der Waals surface area contributed by atoms with Crippen molar-refractivity contribution >= 4 is 17.4 Å². The van der Waals surface area contributed by atoms with Gasteiger partial charge < -0.3 is 5.73 Å². The fraction of sp³-hybridized carbons (Fsp3) is 0.273. The Bertz CT molecular complexity index is 271. The maximum Gasteiger partial charge on any atom is 0.0452 e. The van der Waals surface area contributed by atoms with Gasteiger partial charge >= 0.3 is 0 Å². The van der Waals surface area contributed by atoms with Crippen molar-refractivity contribution in [2.45, 2.75) is 17.7 Å². The average molecular weight is 193 g/mol. The first kappa shape index (κ1) is 10.2. The molecule has 0 heterocycles. The molecule has 70 valence electrons. The molecule has 0 amide bonds. The van der Waals surface area contributed by atoms with Crippen molar-refractivity contribution in [2.75, 3.05) is 11.5 Å². The van der Waals surface area contributed by atoms with E-state index in [1.54, 1.807) is 0 Å². The minimum absolute atomic E-state index is 0.881. The number of thioether (sulfide) groups is 1. The summed E-state index contributed by atoms with van der Waals surface area (Å²) < 4.78 is 0. The van der Waals surface area contributed by atoms with Gasteiger partial charge in [0.1, 0.15) is 0 Å². The van der Waals surface area contributed by atoms with Gasteiger partial charge in [0.2, 0.25) is 0 Å². The minimum atomic E-state index is 0.881. The molecule has 0 saturated heterocycles. The van der Waals surface area contributed by atoms with E-state index in [0.717, 1.165) is 17.9 Å². The Morgan fingerprint density at radius 1 is 1.38 bits per heavy atom. The molecule has 2 heteroatoms. The van der Waals surface area contributed by atoms with Gasteiger partial charge in [-0.2, -0.15) is 0 Å². The van der Waals surface area contributed by atoms with Gasteiger partial charge in [-0.25, -0.2) is 0 Å². The van der Waals surface area contributed by atoms with Gasteiger partial charge in [-0.05, 0) is 30.7 Å². The molecule has 0 aliphatic carbocycles. The molecular weight excluding hydrogens is 178 g/mol. The van der Waals surface area contributed by atoms with Crippen LogP contribution < -0.4 is 5.73 Å². The zero-order valence-corrected chi connectivity index (χ0v) is 8.52. The monoisotopic (exact) mass is 193 g/mol. The summed E-state index contributed by atoms with van der Waals surface area (Å²) in [7, 11) is 0. The third-order valence-electron chi connectivity index (χ3n) is 1.73. The third-order valence-corrected chi connectivity index (χ3v) is 2.90. The molecule has 13 heavy (non-hydrogen) atoms. The molecule has 0 saturated carbocycles. The van der Waals surface area contributed by atoms with Crippen molar-refractivity contribution in [1.82, 2.24) is 0 Å². The quantitative estimate of drug-likeness (QED) is 0.336. The van der Waals surface area contributed by atoms with E-state index in [1.165, 1.54) is 11.3 Å². The fourth-order valence-electron chi connectivity index (χ4n) is 1.02. The van der Waals surface area contributed by atoms with Crippen LogP contribution in [0.2, 0.25) is 0 Å². The molecule has 0 unspecified atom stereocenters.